The van der Waals surface area contributed by atoms with Crippen molar-refractivity contribution >= 4 is 39.1 Å². The Morgan fingerprint density at radius 2 is 1.90 bits per heavy atom. The predicted molar refractivity (Wildman–Crippen MR) is 88.0 cm³/mol. The Hall–Kier alpha value is -0.740. The number of rotatable bonds is 4. The van der Waals surface area contributed by atoms with Crippen LogP contribution in [0.1, 0.15) is 12.5 Å². The molecule has 0 aliphatic heterocycles. The summed E-state index contributed by atoms with van der Waals surface area (Å²) < 4.78 is 6.66. The van der Waals surface area contributed by atoms with E-state index in [1.165, 1.54) is 0 Å². The molecule has 0 radical (unpaired) electrons. The molecule has 0 bridgehead atoms. The van der Waals surface area contributed by atoms with Crippen LogP contribution in [0.4, 0.5) is 0 Å². The average Bonchev–Trinajstić information content (AvgIpc) is 2.36. The molecule has 20 heavy (non-hydrogen) atoms. The van der Waals surface area contributed by atoms with E-state index >= 15 is 0 Å². The highest BCUT2D eigenvalue weighted by Crippen LogP contribution is 2.33. The van der Waals surface area contributed by atoms with Gasteiger partial charge in [0.15, 0.2) is 0 Å². The van der Waals surface area contributed by atoms with Crippen molar-refractivity contribution in [3.8, 4) is 11.5 Å². The summed E-state index contributed by atoms with van der Waals surface area (Å²) in [5.74, 6) is 1.36. The molecule has 2 N–H and O–H groups in total. The maximum Gasteiger partial charge on any atom is 0.141 e. The summed E-state index contributed by atoms with van der Waals surface area (Å²) in [6.07, 6.45) is 0.825. The third-order valence-corrected chi connectivity index (χ3v) is 4.03. The number of nitrogens with two attached hydrogens (primary N) is 1. The zero-order valence-electron chi connectivity index (χ0n) is 10.9. The topological polar surface area (TPSA) is 35.2 Å². The Morgan fingerprint density at radius 3 is 2.50 bits per heavy atom. The van der Waals surface area contributed by atoms with Crippen molar-refractivity contribution in [2.75, 3.05) is 0 Å². The summed E-state index contributed by atoms with van der Waals surface area (Å²) in [6.45, 7) is 1.98. The molecule has 106 valence electrons. The Bertz CT molecular complexity index is 617. The van der Waals surface area contributed by atoms with E-state index in [9.17, 15) is 0 Å². The number of ether oxygens (including phenoxy) is 1. The van der Waals surface area contributed by atoms with Gasteiger partial charge in [-0.05, 0) is 59.1 Å². The zero-order chi connectivity index (χ0) is 14.7. The molecule has 0 aliphatic rings. The van der Waals surface area contributed by atoms with Crippen molar-refractivity contribution in [3.05, 3.63) is 56.5 Å². The van der Waals surface area contributed by atoms with E-state index in [0.29, 0.717) is 15.8 Å². The van der Waals surface area contributed by atoms with Crippen molar-refractivity contribution < 1.29 is 4.74 Å². The molecule has 0 amide bonds. The Kier molecular flexibility index (Phi) is 5.33. The van der Waals surface area contributed by atoms with Crippen LogP contribution < -0.4 is 10.5 Å². The van der Waals surface area contributed by atoms with Crippen LogP contribution in [0.2, 0.25) is 10.0 Å². The first-order chi connectivity index (χ1) is 9.45. The normalized spacial score (nSPS) is 12.2. The standard InChI is InChI=1S/C15H14BrCl2NO/c1-9(19)6-10-2-5-15(12(16)7-10)20-11-3-4-13(17)14(18)8-11/h2-5,7-9H,6,19H2,1H3. The van der Waals surface area contributed by atoms with Crippen LogP contribution in [0.25, 0.3) is 0 Å². The molecule has 2 rings (SSSR count). The van der Waals surface area contributed by atoms with Gasteiger partial charge in [-0.1, -0.05) is 29.3 Å². The molecule has 2 aromatic rings. The lowest BCUT2D eigenvalue weighted by atomic mass is 10.1. The van der Waals surface area contributed by atoms with E-state index < -0.39 is 0 Å². The van der Waals surface area contributed by atoms with Crippen LogP contribution in [0.15, 0.2) is 40.9 Å². The average molecular weight is 375 g/mol. The minimum Gasteiger partial charge on any atom is -0.456 e. The second kappa shape index (κ2) is 6.81. The maximum atomic E-state index is 5.96. The lowest BCUT2D eigenvalue weighted by Crippen LogP contribution is -2.17. The van der Waals surface area contributed by atoms with Crippen molar-refractivity contribution in [2.45, 2.75) is 19.4 Å². The molecular weight excluding hydrogens is 361 g/mol. The number of benzene rings is 2. The summed E-state index contributed by atoms with van der Waals surface area (Å²) in [6, 6.07) is 11.2. The van der Waals surface area contributed by atoms with Crippen LogP contribution in [0, 0.1) is 0 Å². The summed E-state index contributed by atoms with van der Waals surface area (Å²) in [4.78, 5) is 0. The van der Waals surface area contributed by atoms with Crippen LogP contribution in [0.3, 0.4) is 0 Å². The first-order valence-corrected chi connectivity index (χ1v) is 7.67. The van der Waals surface area contributed by atoms with E-state index in [0.717, 1.165) is 22.2 Å². The number of hydrogen-bond acceptors (Lipinski definition) is 2. The van der Waals surface area contributed by atoms with Crippen molar-refractivity contribution in [1.29, 1.82) is 0 Å². The fourth-order valence-corrected chi connectivity index (χ4v) is 2.59. The summed E-state index contributed by atoms with van der Waals surface area (Å²) in [7, 11) is 0. The number of hydrogen-bond donors (Lipinski definition) is 1. The van der Waals surface area contributed by atoms with Gasteiger partial charge in [0.2, 0.25) is 0 Å². The number of halogens is 3. The van der Waals surface area contributed by atoms with Gasteiger partial charge in [-0.3, -0.25) is 0 Å². The van der Waals surface area contributed by atoms with E-state index in [4.69, 9.17) is 33.7 Å². The third kappa shape index (κ3) is 4.13. The molecule has 0 spiro atoms. The minimum absolute atomic E-state index is 0.128. The van der Waals surface area contributed by atoms with Gasteiger partial charge in [0.25, 0.3) is 0 Å². The molecule has 0 heterocycles. The summed E-state index contributed by atoms with van der Waals surface area (Å²) >= 11 is 15.3. The molecule has 5 heteroatoms. The second-order valence-corrected chi connectivity index (χ2v) is 6.29. The van der Waals surface area contributed by atoms with Gasteiger partial charge in [-0.2, -0.15) is 0 Å². The zero-order valence-corrected chi connectivity index (χ0v) is 14.0. The van der Waals surface area contributed by atoms with Gasteiger partial charge in [-0.25, -0.2) is 0 Å². The predicted octanol–water partition coefficient (Wildman–Crippen LogP) is 5.44. The molecule has 1 unspecified atom stereocenters. The van der Waals surface area contributed by atoms with Crippen LogP contribution in [-0.2, 0) is 6.42 Å². The van der Waals surface area contributed by atoms with Crippen LogP contribution in [-0.4, -0.2) is 6.04 Å². The molecule has 1 atom stereocenters. The van der Waals surface area contributed by atoms with Gasteiger partial charge in [0.1, 0.15) is 11.5 Å². The lowest BCUT2D eigenvalue weighted by Gasteiger charge is -2.11. The van der Waals surface area contributed by atoms with E-state index in [1.54, 1.807) is 18.2 Å². The third-order valence-electron chi connectivity index (χ3n) is 2.67. The van der Waals surface area contributed by atoms with Crippen molar-refractivity contribution in [2.24, 2.45) is 5.73 Å². The maximum absolute atomic E-state index is 5.96. The SMILES string of the molecule is CC(N)Cc1ccc(Oc2ccc(Cl)c(Cl)c2)c(Br)c1. The fourth-order valence-electron chi connectivity index (χ4n) is 1.79. The molecule has 0 aromatic heterocycles. The van der Waals surface area contributed by atoms with Crippen LogP contribution >= 0.6 is 39.1 Å². The quantitative estimate of drug-likeness (QED) is 0.773. The smallest absolute Gasteiger partial charge is 0.141 e. The van der Waals surface area contributed by atoms with Gasteiger partial charge >= 0.3 is 0 Å². The van der Waals surface area contributed by atoms with Crippen molar-refractivity contribution in [1.82, 2.24) is 0 Å². The highest BCUT2D eigenvalue weighted by Gasteiger charge is 2.07. The highest BCUT2D eigenvalue weighted by molar-refractivity contribution is 9.10. The summed E-state index contributed by atoms with van der Waals surface area (Å²) in [5, 5.41) is 0.972. The van der Waals surface area contributed by atoms with Crippen molar-refractivity contribution in [3.63, 3.8) is 0 Å². The largest absolute Gasteiger partial charge is 0.456 e. The lowest BCUT2D eigenvalue weighted by molar-refractivity contribution is 0.479. The fraction of sp³-hybridized carbons (Fsp3) is 0.200. The van der Waals surface area contributed by atoms with E-state index in [2.05, 4.69) is 15.9 Å². The first kappa shape index (κ1) is 15.6. The Balaban J connectivity index is 2.19. The molecule has 0 saturated heterocycles. The van der Waals surface area contributed by atoms with Gasteiger partial charge in [-0.15, -0.1) is 0 Å². The van der Waals surface area contributed by atoms with E-state index in [1.807, 2.05) is 25.1 Å². The molecule has 2 nitrogen and oxygen atoms in total. The van der Waals surface area contributed by atoms with Gasteiger partial charge < -0.3 is 10.5 Å². The van der Waals surface area contributed by atoms with Gasteiger partial charge in [0.05, 0.1) is 14.5 Å². The monoisotopic (exact) mass is 373 g/mol. The Morgan fingerprint density at radius 1 is 1.15 bits per heavy atom. The molecule has 0 saturated carbocycles. The van der Waals surface area contributed by atoms with Crippen LogP contribution in [0.5, 0.6) is 11.5 Å². The van der Waals surface area contributed by atoms with Gasteiger partial charge in [0, 0.05) is 12.1 Å². The van der Waals surface area contributed by atoms with E-state index in [-0.39, 0.29) is 6.04 Å². The molecular formula is C15H14BrCl2NO. The highest BCUT2D eigenvalue weighted by atomic mass is 79.9. The molecule has 0 fully saturated rings. The summed E-state index contributed by atoms with van der Waals surface area (Å²) in [5.41, 5.74) is 6.95. The molecule has 0 aliphatic carbocycles. The molecule has 2 aromatic carbocycles. The Labute approximate surface area is 137 Å². The second-order valence-electron chi connectivity index (χ2n) is 4.62. The minimum atomic E-state index is 0.128. The first-order valence-electron chi connectivity index (χ1n) is 6.12.